The van der Waals surface area contributed by atoms with Gasteiger partial charge in [-0.15, -0.1) is 0 Å². The molecule has 1 N–H and O–H groups in total. The number of ether oxygens (including phenoxy) is 1. The quantitative estimate of drug-likeness (QED) is 0.748. The number of esters is 1. The van der Waals surface area contributed by atoms with Gasteiger partial charge in [0.2, 0.25) is 0 Å². The lowest BCUT2D eigenvalue weighted by Gasteiger charge is -2.46. The Morgan fingerprint density at radius 3 is 2.56 bits per heavy atom. The van der Waals surface area contributed by atoms with Crippen molar-refractivity contribution in [3.63, 3.8) is 0 Å². The van der Waals surface area contributed by atoms with E-state index in [-0.39, 0.29) is 12.1 Å². The molecule has 0 aromatic rings. The van der Waals surface area contributed by atoms with Gasteiger partial charge < -0.3 is 9.64 Å². The lowest BCUT2D eigenvalue weighted by atomic mass is 9.67. The van der Waals surface area contributed by atoms with E-state index >= 15 is 0 Å². The second-order valence-electron chi connectivity index (χ2n) is 6.48. The van der Waals surface area contributed by atoms with Crippen molar-refractivity contribution < 1.29 is 14.4 Å². The fourth-order valence-electron chi connectivity index (χ4n) is 4.72. The van der Waals surface area contributed by atoms with E-state index in [9.17, 15) is 4.79 Å². The van der Waals surface area contributed by atoms with E-state index in [1.54, 1.807) is 11.8 Å². The lowest BCUT2D eigenvalue weighted by Crippen LogP contribution is -3.15. The Kier molecular flexibility index (Phi) is 3.60. The zero-order chi connectivity index (χ0) is 12.5. The van der Waals surface area contributed by atoms with Crippen molar-refractivity contribution in [2.45, 2.75) is 64.0 Å². The van der Waals surface area contributed by atoms with Gasteiger partial charge in [-0.2, -0.15) is 0 Å². The summed E-state index contributed by atoms with van der Waals surface area (Å²) in [5.74, 6) is 1.23. The Bertz CT molecular complexity index is 312. The monoisotopic (exact) mass is 252 g/mol. The van der Waals surface area contributed by atoms with Crippen LogP contribution in [0, 0.1) is 11.8 Å². The van der Waals surface area contributed by atoms with E-state index in [1.807, 2.05) is 0 Å². The summed E-state index contributed by atoms with van der Waals surface area (Å²) in [6.07, 6.45) is 9.56. The maximum absolute atomic E-state index is 11.3. The van der Waals surface area contributed by atoms with Crippen molar-refractivity contribution in [1.29, 1.82) is 0 Å². The Morgan fingerprint density at radius 1 is 1.06 bits per heavy atom. The normalized spacial score (nSPS) is 40.7. The largest absolute Gasteiger partial charge is 0.462 e. The predicted molar refractivity (Wildman–Crippen MR) is 69.3 cm³/mol. The zero-order valence-electron chi connectivity index (χ0n) is 11.5. The number of fused-ring (bicyclic) bond motifs is 2. The Balaban J connectivity index is 1.74. The Hall–Kier alpha value is -0.570. The average molecular weight is 252 g/mol. The minimum absolute atomic E-state index is 0.0750. The molecule has 102 valence electrons. The fraction of sp³-hybridized carbons (Fsp3) is 0.933. The first kappa shape index (κ1) is 12.5. The molecule has 18 heavy (non-hydrogen) atoms. The van der Waals surface area contributed by atoms with Crippen LogP contribution in [0.15, 0.2) is 0 Å². The average Bonchev–Trinajstić information content (AvgIpc) is 2.81. The van der Waals surface area contributed by atoms with Crippen molar-refractivity contribution >= 4 is 5.97 Å². The van der Waals surface area contributed by atoms with E-state index < -0.39 is 0 Å². The number of hydrogen-bond donors (Lipinski definition) is 1. The van der Waals surface area contributed by atoms with Gasteiger partial charge in [-0.05, 0) is 25.2 Å². The van der Waals surface area contributed by atoms with Gasteiger partial charge >= 0.3 is 5.97 Å². The van der Waals surface area contributed by atoms with Crippen molar-refractivity contribution in [3.05, 3.63) is 0 Å². The van der Waals surface area contributed by atoms with E-state index in [0.29, 0.717) is 11.8 Å². The van der Waals surface area contributed by atoms with Crippen LogP contribution in [0.25, 0.3) is 0 Å². The molecule has 3 nitrogen and oxygen atoms in total. The number of carbonyl (C=O) groups excluding carboxylic acids is 1. The molecule has 2 saturated carbocycles. The summed E-state index contributed by atoms with van der Waals surface area (Å²) >= 11 is 0. The summed E-state index contributed by atoms with van der Waals surface area (Å²) in [5.41, 5.74) is 0. The van der Waals surface area contributed by atoms with Gasteiger partial charge in [0, 0.05) is 32.1 Å². The summed E-state index contributed by atoms with van der Waals surface area (Å²) in [5, 5.41) is 0. The topological polar surface area (TPSA) is 30.7 Å². The van der Waals surface area contributed by atoms with E-state index in [4.69, 9.17) is 4.74 Å². The van der Waals surface area contributed by atoms with E-state index in [2.05, 4.69) is 0 Å². The number of likely N-dealkylation sites (tertiary alicyclic amines) is 1. The fourth-order valence-corrected chi connectivity index (χ4v) is 4.72. The third-order valence-electron chi connectivity index (χ3n) is 5.44. The Morgan fingerprint density at radius 2 is 1.83 bits per heavy atom. The third kappa shape index (κ3) is 2.29. The molecule has 0 aromatic heterocycles. The molecule has 0 radical (unpaired) electrons. The summed E-state index contributed by atoms with van der Waals surface area (Å²) < 4.78 is 5.70. The highest BCUT2D eigenvalue weighted by Gasteiger charge is 2.48. The standard InChI is InChI=1S/C15H25NO2/c1-11(17)18-15-12-5-4-6-13(15)14(8-7-12)16-9-2-3-10-16/h12-15H,2-10H2,1H3/p+1/t12-,13+,14-,15+/m1/s1. The van der Waals surface area contributed by atoms with Gasteiger partial charge in [-0.1, -0.05) is 6.42 Å². The molecule has 1 saturated heterocycles. The van der Waals surface area contributed by atoms with Crippen LogP contribution in [0.5, 0.6) is 0 Å². The van der Waals surface area contributed by atoms with Gasteiger partial charge in [-0.25, -0.2) is 0 Å². The maximum atomic E-state index is 11.3. The molecule has 1 heterocycles. The molecule has 3 rings (SSSR count). The molecule has 0 aromatic carbocycles. The summed E-state index contributed by atoms with van der Waals surface area (Å²) in [6, 6.07) is 0.772. The van der Waals surface area contributed by atoms with Crippen molar-refractivity contribution in [3.8, 4) is 0 Å². The summed E-state index contributed by atoms with van der Waals surface area (Å²) in [7, 11) is 0. The molecule has 0 unspecified atom stereocenters. The van der Waals surface area contributed by atoms with Crippen LogP contribution in [0.1, 0.15) is 51.9 Å². The molecule has 4 atom stereocenters. The number of hydrogen-bond acceptors (Lipinski definition) is 2. The lowest BCUT2D eigenvalue weighted by molar-refractivity contribution is -0.919. The highest BCUT2D eigenvalue weighted by atomic mass is 16.5. The number of quaternary nitrogens is 1. The van der Waals surface area contributed by atoms with E-state index in [0.717, 1.165) is 6.04 Å². The molecule has 0 amide bonds. The number of carbonyl (C=O) groups is 1. The predicted octanol–water partition coefficient (Wildman–Crippen LogP) is 1.18. The van der Waals surface area contributed by atoms with Crippen molar-refractivity contribution in [1.82, 2.24) is 0 Å². The molecule has 3 heteroatoms. The van der Waals surface area contributed by atoms with Crippen LogP contribution in [0.4, 0.5) is 0 Å². The molecule has 1 aliphatic heterocycles. The van der Waals surface area contributed by atoms with Crippen LogP contribution in [0.2, 0.25) is 0 Å². The van der Waals surface area contributed by atoms with Gasteiger partial charge in [0.15, 0.2) is 0 Å². The highest BCUT2D eigenvalue weighted by Crippen LogP contribution is 2.41. The summed E-state index contributed by atoms with van der Waals surface area (Å²) in [4.78, 5) is 13.1. The SMILES string of the molecule is CC(=O)O[C@H]1[C@@H]2CCC[C@H]1[C@H]([NH+]1CCCC1)CC2. The van der Waals surface area contributed by atoms with Gasteiger partial charge in [-0.3, -0.25) is 4.79 Å². The molecule has 2 aliphatic carbocycles. The third-order valence-corrected chi connectivity index (χ3v) is 5.44. The molecule has 2 bridgehead atoms. The first-order valence-electron chi connectivity index (χ1n) is 7.77. The smallest absolute Gasteiger partial charge is 0.302 e. The molecule has 0 spiro atoms. The van der Waals surface area contributed by atoms with Crippen LogP contribution in [-0.2, 0) is 9.53 Å². The van der Waals surface area contributed by atoms with Crippen LogP contribution in [-0.4, -0.2) is 31.2 Å². The van der Waals surface area contributed by atoms with Crippen LogP contribution >= 0.6 is 0 Å². The number of nitrogens with one attached hydrogen (secondary N) is 1. The second-order valence-corrected chi connectivity index (χ2v) is 6.48. The van der Waals surface area contributed by atoms with Gasteiger partial charge in [0.05, 0.1) is 19.1 Å². The first-order valence-corrected chi connectivity index (χ1v) is 7.77. The van der Waals surface area contributed by atoms with Gasteiger partial charge in [0.1, 0.15) is 6.10 Å². The van der Waals surface area contributed by atoms with Gasteiger partial charge in [0.25, 0.3) is 0 Å². The molecule has 3 fully saturated rings. The van der Waals surface area contributed by atoms with Crippen LogP contribution in [0.3, 0.4) is 0 Å². The van der Waals surface area contributed by atoms with Crippen molar-refractivity contribution in [2.24, 2.45) is 11.8 Å². The molecular weight excluding hydrogens is 226 g/mol. The van der Waals surface area contributed by atoms with E-state index in [1.165, 1.54) is 58.0 Å². The number of rotatable bonds is 2. The van der Waals surface area contributed by atoms with Crippen molar-refractivity contribution in [2.75, 3.05) is 13.1 Å². The summed E-state index contributed by atoms with van der Waals surface area (Å²) in [6.45, 7) is 4.26. The minimum Gasteiger partial charge on any atom is -0.462 e. The zero-order valence-corrected chi connectivity index (χ0v) is 11.5. The maximum Gasteiger partial charge on any atom is 0.302 e. The molecular formula is C15H26NO2+. The molecule has 3 aliphatic rings. The highest BCUT2D eigenvalue weighted by molar-refractivity contribution is 5.66. The minimum atomic E-state index is -0.0750. The van der Waals surface area contributed by atoms with Crippen LogP contribution < -0.4 is 4.90 Å². The first-order chi connectivity index (χ1) is 8.75. The Labute approximate surface area is 110 Å². The second kappa shape index (κ2) is 5.20.